The van der Waals surface area contributed by atoms with Gasteiger partial charge in [0.05, 0.1) is 0 Å². The highest BCUT2D eigenvalue weighted by atomic mass is 32.1. The fraction of sp³-hybridized carbons (Fsp3) is 0. The van der Waals surface area contributed by atoms with Crippen LogP contribution in [-0.2, 0) is 0 Å². The van der Waals surface area contributed by atoms with Crippen molar-refractivity contribution in [1.29, 1.82) is 5.26 Å². The lowest BCUT2D eigenvalue weighted by Crippen LogP contribution is -1.85. The largest absolute Gasteiger partial charge is 0.246 e. The molecule has 2 aromatic heterocycles. The quantitative estimate of drug-likeness (QED) is 0.248. The third-order valence-electron chi connectivity index (χ3n) is 6.99. The molecule has 0 aliphatic heterocycles. The van der Waals surface area contributed by atoms with Gasteiger partial charge in [0.2, 0.25) is 0 Å². The Bertz CT molecular complexity index is 1980. The third kappa shape index (κ3) is 3.67. The van der Waals surface area contributed by atoms with E-state index in [1.54, 1.807) is 6.20 Å². The van der Waals surface area contributed by atoms with E-state index in [2.05, 4.69) is 114 Å². The van der Waals surface area contributed by atoms with Gasteiger partial charge in [0.1, 0.15) is 11.8 Å². The van der Waals surface area contributed by atoms with Gasteiger partial charge in [-0.15, -0.1) is 11.3 Å². The van der Waals surface area contributed by atoms with E-state index >= 15 is 0 Å². The van der Waals surface area contributed by atoms with Gasteiger partial charge in [0, 0.05) is 26.4 Å². The van der Waals surface area contributed by atoms with Crippen molar-refractivity contribution in [2.45, 2.75) is 0 Å². The number of aromatic nitrogens is 1. The maximum absolute atomic E-state index is 9.16. The SMILES string of the molecule is N#Cc1cc(-c2ccc(-c3ccc4c(c3)sc3cc(-c5ccccc5)c5ccccc5c34)cc2)ccn1. The maximum Gasteiger partial charge on any atom is 0.141 e. The van der Waals surface area contributed by atoms with Crippen LogP contribution in [0.25, 0.3) is 64.3 Å². The Morgan fingerprint density at radius 1 is 0.541 bits per heavy atom. The minimum Gasteiger partial charge on any atom is -0.246 e. The van der Waals surface area contributed by atoms with Crippen molar-refractivity contribution in [1.82, 2.24) is 4.98 Å². The van der Waals surface area contributed by atoms with Crippen LogP contribution in [-0.4, -0.2) is 4.98 Å². The van der Waals surface area contributed by atoms with Crippen molar-refractivity contribution in [2.75, 3.05) is 0 Å². The van der Waals surface area contributed by atoms with Crippen molar-refractivity contribution in [3.05, 3.63) is 127 Å². The first-order chi connectivity index (χ1) is 18.3. The van der Waals surface area contributed by atoms with Crippen molar-refractivity contribution in [2.24, 2.45) is 0 Å². The molecular weight excluding hydrogens is 468 g/mol. The fourth-order valence-electron chi connectivity index (χ4n) is 5.20. The molecule has 172 valence electrons. The van der Waals surface area contributed by atoms with Crippen LogP contribution in [0.4, 0.5) is 0 Å². The number of thiophene rings is 1. The molecule has 0 spiro atoms. The molecule has 0 amide bonds. The molecule has 0 bridgehead atoms. The molecular formula is C34H20N2S. The average molecular weight is 489 g/mol. The molecule has 0 atom stereocenters. The van der Waals surface area contributed by atoms with Crippen LogP contribution in [0.3, 0.4) is 0 Å². The molecule has 0 aliphatic rings. The second-order valence-electron chi connectivity index (χ2n) is 9.14. The molecule has 0 saturated carbocycles. The highest BCUT2D eigenvalue weighted by Gasteiger charge is 2.14. The average Bonchev–Trinajstić information content (AvgIpc) is 3.35. The Labute approximate surface area is 218 Å². The van der Waals surface area contributed by atoms with Gasteiger partial charge in [-0.2, -0.15) is 5.26 Å². The Balaban J connectivity index is 1.35. The molecule has 0 aliphatic carbocycles. The van der Waals surface area contributed by atoms with Gasteiger partial charge < -0.3 is 0 Å². The Hall–Kier alpha value is -4.78. The van der Waals surface area contributed by atoms with E-state index in [1.807, 2.05) is 23.5 Å². The molecule has 37 heavy (non-hydrogen) atoms. The Morgan fingerprint density at radius 3 is 1.97 bits per heavy atom. The number of benzene rings is 5. The van der Waals surface area contributed by atoms with Gasteiger partial charge in [0.25, 0.3) is 0 Å². The fourth-order valence-corrected chi connectivity index (χ4v) is 6.40. The number of rotatable bonds is 3. The molecule has 5 aromatic carbocycles. The topological polar surface area (TPSA) is 36.7 Å². The van der Waals surface area contributed by atoms with Crippen molar-refractivity contribution >= 4 is 42.3 Å². The summed E-state index contributed by atoms with van der Waals surface area (Å²) in [7, 11) is 0. The lowest BCUT2D eigenvalue weighted by atomic mass is 9.94. The number of fused-ring (bicyclic) bond motifs is 5. The predicted molar refractivity (Wildman–Crippen MR) is 156 cm³/mol. The van der Waals surface area contributed by atoms with Crippen LogP contribution in [0, 0.1) is 11.3 Å². The molecule has 3 heteroatoms. The molecule has 0 saturated heterocycles. The standard InChI is InChI=1S/C34H20N2S/c35-21-27-18-26(16-17-36-27)23-12-10-22(11-13-23)25-14-15-30-32(19-25)37-33-20-31(24-6-2-1-3-7-24)28-8-4-5-9-29(28)34(30)33/h1-20H. The van der Waals surface area contributed by atoms with Gasteiger partial charge in [-0.1, -0.05) is 91.0 Å². The maximum atomic E-state index is 9.16. The third-order valence-corrected chi connectivity index (χ3v) is 8.09. The Kier molecular flexibility index (Phi) is 5.06. The molecule has 2 nitrogen and oxygen atoms in total. The van der Waals surface area contributed by atoms with Crippen molar-refractivity contribution in [3.8, 4) is 39.4 Å². The molecule has 0 radical (unpaired) electrons. The number of hydrogen-bond donors (Lipinski definition) is 0. The zero-order chi connectivity index (χ0) is 24.8. The van der Waals surface area contributed by atoms with Gasteiger partial charge in [-0.25, -0.2) is 4.98 Å². The summed E-state index contributed by atoms with van der Waals surface area (Å²) in [4.78, 5) is 4.08. The van der Waals surface area contributed by atoms with Crippen molar-refractivity contribution in [3.63, 3.8) is 0 Å². The molecule has 7 aromatic rings. The first kappa shape index (κ1) is 21.5. The number of nitriles is 1. The lowest BCUT2D eigenvalue weighted by molar-refractivity contribution is 1.26. The summed E-state index contributed by atoms with van der Waals surface area (Å²) >= 11 is 1.86. The van der Waals surface area contributed by atoms with E-state index in [4.69, 9.17) is 5.26 Å². The Morgan fingerprint density at radius 2 is 1.22 bits per heavy atom. The van der Waals surface area contributed by atoms with Crippen LogP contribution >= 0.6 is 11.3 Å². The van der Waals surface area contributed by atoms with Crippen LogP contribution in [0.15, 0.2) is 121 Å². The second-order valence-corrected chi connectivity index (χ2v) is 10.2. The van der Waals surface area contributed by atoms with E-state index in [-0.39, 0.29) is 0 Å². The summed E-state index contributed by atoms with van der Waals surface area (Å²) in [5, 5.41) is 14.4. The van der Waals surface area contributed by atoms with Crippen molar-refractivity contribution < 1.29 is 0 Å². The van der Waals surface area contributed by atoms with Crippen LogP contribution in [0.5, 0.6) is 0 Å². The molecule has 0 N–H and O–H groups in total. The first-order valence-corrected chi connectivity index (χ1v) is 13.0. The zero-order valence-corrected chi connectivity index (χ0v) is 20.7. The van der Waals surface area contributed by atoms with E-state index < -0.39 is 0 Å². The zero-order valence-electron chi connectivity index (χ0n) is 19.8. The van der Waals surface area contributed by atoms with Gasteiger partial charge in [-0.3, -0.25) is 0 Å². The summed E-state index contributed by atoms with van der Waals surface area (Å²) in [5.41, 5.74) is 7.40. The van der Waals surface area contributed by atoms with Gasteiger partial charge in [-0.05, 0) is 68.4 Å². The van der Waals surface area contributed by atoms with Crippen LogP contribution in [0.1, 0.15) is 5.69 Å². The number of hydrogen-bond acceptors (Lipinski definition) is 3. The van der Waals surface area contributed by atoms with E-state index in [0.717, 1.165) is 11.1 Å². The monoisotopic (exact) mass is 488 g/mol. The minimum atomic E-state index is 0.430. The molecule has 2 heterocycles. The smallest absolute Gasteiger partial charge is 0.141 e. The van der Waals surface area contributed by atoms with E-state index in [1.165, 1.54) is 53.2 Å². The van der Waals surface area contributed by atoms with E-state index in [9.17, 15) is 0 Å². The summed E-state index contributed by atoms with van der Waals surface area (Å²) < 4.78 is 2.60. The minimum absolute atomic E-state index is 0.430. The van der Waals surface area contributed by atoms with Crippen LogP contribution < -0.4 is 0 Å². The number of nitrogens with zero attached hydrogens (tertiary/aromatic N) is 2. The van der Waals surface area contributed by atoms with Crippen LogP contribution in [0.2, 0.25) is 0 Å². The normalized spacial score (nSPS) is 11.2. The molecule has 7 rings (SSSR count). The summed E-state index contributed by atoms with van der Waals surface area (Å²) in [5.74, 6) is 0. The van der Waals surface area contributed by atoms with Gasteiger partial charge in [0.15, 0.2) is 0 Å². The molecule has 0 unspecified atom stereocenters. The summed E-state index contributed by atoms with van der Waals surface area (Å²) in [6.45, 7) is 0. The van der Waals surface area contributed by atoms with Gasteiger partial charge >= 0.3 is 0 Å². The van der Waals surface area contributed by atoms with E-state index in [0.29, 0.717) is 5.69 Å². The molecule has 0 fully saturated rings. The highest BCUT2D eigenvalue weighted by molar-refractivity contribution is 7.26. The lowest BCUT2D eigenvalue weighted by Gasteiger charge is -2.09. The number of pyridine rings is 1. The summed E-state index contributed by atoms with van der Waals surface area (Å²) in [6.07, 6.45) is 1.68. The second kappa shape index (κ2) is 8.71. The summed E-state index contributed by atoms with van der Waals surface area (Å²) in [6, 6.07) is 43.0. The predicted octanol–water partition coefficient (Wildman–Crippen LogP) is 9.48. The highest BCUT2D eigenvalue weighted by Crippen LogP contribution is 2.43. The first-order valence-electron chi connectivity index (χ1n) is 12.2.